The van der Waals surface area contributed by atoms with Crippen LogP contribution in [0.4, 0.5) is 0 Å². The van der Waals surface area contributed by atoms with E-state index in [0.717, 1.165) is 29.6 Å². The van der Waals surface area contributed by atoms with E-state index in [-0.39, 0.29) is 0 Å². The number of hydrogen-bond donors (Lipinski definition) is 3. The third-order valence-corrected chi connectivity index (χ3v) is 5.47. The number of aromatic nitrogens is 2. The first-order chi connectivity index (χ1) is 12.1. The highest BCUT2D eigenvalue weighted by Gasteiger charge is 2.08. The average molecular weight is 356 g/mol. The SMILES string of the molecule is CN=C(NCCc1c(C)[nH]c2ccccc12)NCc1nc(C)c(C)s1. The minimum absolute atomic E-state index is 0.700. The van der Waals surface area contributed by atoms with Gasteiger partial charge in [-0.05, 0) is 38.8 Å². The number of guanidine groups is 1. The Bertz CT molecular complexity index is 871. The predicted molar refractivity (Wildman–Crippen MR) is 107 cm³/mol. The van der Waals surface area contributed by atoms with Gasteiger partial charge in [0, 0.05) is 35.1 Å². The lowest BCUT2D eigenvalue weighted by Gasteiger charge is -2.11. The number of hydrogen-bond acceptors (Lipinski definition) is 3. The molecule has 0 unspecified atom stereocenters. The van der Waals surface area contributed by atoms with Gasteiger partial charge in [-0.3, -0.25) is 4.99 Å². The molecule has 0 radical (unpaired) electrons. The van der Waals surface area contributed by atoms with E-state index in [1.165, 1.54) is 27.0 Å². The van der Waals surface area contributed by atoms with Crippen LogP contribution in [0.3, 0.4) is 0 Å². The van der Waals surface area contributed by atoms with Crippen molar-refractivity contribution in [3.05, 3.63) is 51.1 Å². The van der Waals surface area contributed by atoms with Crippen LogP contribution in [0.1, 0.15) is 26.8 Å². The molecule has 3 aromatic rings. The number of aliphatic imine (C=N–C) groups is 1. The molecule has 0 saturated carbocycles. The van der Waals surface area contributed by atoms with Gasteiger partial charge in [-0.15, -0.1) is 11.3 Å². The van der Waals surface area contributed by atoms with Crippen molar-refractivity contribution in [2.24, 2.45) is 4.99 Å². The molecule has 0 bridgehead atoms. The number of nitrogens with one attached hydrogen (secondary N) is 3. The molecule has 0 aliphatic carbocycles. The Morgan fingerprint density at radius 2 is 2.00 bits per heavy atom. The molecule has 2 heterocycles. The number of rotatable bonds is 5. The van der Waals surface area contributed by atoms with E-state index in [4.69, 9.17) is 0 Å². The van der Waals surface area contributed by atoms with Crippen LogP contribution < -0.4 is 10.6 Å². The molecule has 0 fully saturated rings. The van der Waals surface area contributed by atoms with Crippen LogP contribution in [-0.2, 0) is 13.0 Å². The lowest BCUT2D eigenvalue weighted by Crippen LogP contribution is -2.37. The molecule has 1 aromatic carbocycles. The molecule has 0 amide bonds. The summed E-state index contributed by atoms with van der Waals surface area (Å²) in [4.78, 5) is 13.6. The van der Waals surface area contributed by atoms with Crippen molar-refractivity contribution in [1.82, 2.24) is 20.6 Å². The summed E-state index contributed by atoms with van der Waals surface area (Å²) in [7, 11) is 1.80. The summed E-state index contributed by atoms with van der Waals surface area (Å²) in [6.07, 6.45) is 0.950. The first-order valence-corrected chi connectivity index (χ1v) is 9.33. The van der Waals surface area contributed by atoms with Crippen molar-refractivity contribution in [3.8, 4) is 0 Å². The smallest absolute Gasteiger partial charge is 0.191 e. The first-order valence-electron chi connectivity index (χ1n) is 8.52. The normalized spacial score (nSPS) is 11.9. The predicted octanol–water partition coefficient (Wildman–Crippen LogP) is 3.46. The second-order valence-electron chi connectivity index (χ2n) is 6.13. The second kappa shape index (κ2) is 7.70. The molecule has 0 aliphatic rings. The third-order valence-electron chi connectivity index (χ3n) is 4.40. The van der Waals surface area contributed by atoms with Gasteiger partial charge in [-0.1, -0.05) is 18.2 Å². The standard InChI is InChI=1S/C19H25N5S/c1-12-14(3)25-18(24-12)11-22-19(20-4)21-10-9-15-13(2)23-17-8-6-5-7-16(15)17/h5-8,23H,9-11H2,1-4H3,(H2,20,21,22). The molecule has 0 spiro atoms. The van der Waals surface area contributed by atoms with Crippen LogP contribution in [-0.4, -0.2) is 29.5 Å². The van der Waals surface area contributed by atoms with E-state index in [9.17, 15) is 0 Å². The maximum Gasteiger partial charge on any atom is 0.191 e. The summed E-state index contributed by atoms with van der Waals surface area (Å²) in [5.74, 6) is 0.808. The Morgan fingerprint density at radius 1 is 1.20 bits per heavy atom. The average Bonchev–Trinajstić information content (AvgIpc) is 3.09. The van der Waals surface area contributed by atoms with E-state index < -0.39 is 0 Å². The number of aromatic amines is 1. The molecule has 0 atom stereocenters. The highest BCUT2D eigenvalue weighted by atomic mass is 32.1. The molecule has 132 valence electrons. The lowest BCUT2D eigenvalue weighted by molar-refractivity contribution is 0.790. The molecule has 3 N–H and O–H groups in total. The van der Waals surface area contributed by atoms with Gasteiger partial charge in [-0.2, -0.15) is 0 Å². The number of benzene rings is 1. The van der Waals surface area contributed by atoms with Crippen LogP contribution in [0.2, 0.25) is 0 Å². The molecule has 0 saturated heterocycles. The minimum Gasteiger partial charge on any atom is -0.358 e. The Kier molecular flexibility index (Phi) is 5.38. The van der Waals surface area contributed by atoms with Crippen LogP contribution in [0.15, 0.2) is 29.3 Å². The number of aryl methyl sites for hydroxylation is 3. The van der Waals surface area contributed by atoms with Gasteiger partial charge < -0.3 is 15.6 Å². The van der Waals surface area contributed by atoms with Gasteiger partial charge in [0.2, 0.25) is 0 Å². The Morgan fingerprint density at radius 3 is 2.72 bits per heavy atom. The summed E-state index contributed by atoms with van der Waals surface area (Å²) >= 11 is 1.73. The second-order valence-corrected chi connectivity index (χ2v) is 7.41. The van der Waals surface area contributed by atoms with Gasteiger partial charge in [0.05, 0.1) is 12.2 Å². The van der Waals surface area contributed by atoms with Gasteiger partial charge in [0.15, 0.2) is 5.96 Å². The first kappa shape index (κ1) is 17.5. The lowest BCUT2D eigenvalue weighted by atomic mass is 10.1. The molecule has 25 heavy (non-hydrogen) atoms. The van der Waals surface area contributed by atoms with Crippen molar-refractivity contribution in [1.29, 1.82) is 0 Å². The van der Waals surface area contributed by atoms with Crippen LogP contribution in [0, 0.1) is 20.8 Å². The fourth-order valence-electron chi connectivity index (χ4n) is 2.96. The molecule has 5 nitrogen and oxygen atoms in total. The van der Waals surface area contributed by atoms with E-state index >= 15 is 0 Å². The Hall–Kier alpha value is -2.34. The van der Waals surface area contributed by atoms with Crippen molar-refractivity contribution in [2.45, 2.75) is 33.7 Å². The zero-order chi connectivity index (χ0) is 17.8. The monoisotopic (exact) mass is 355 g/mol. The van der Waals surface area contributed by atoms with Gasteiger partial charge in [0.25, 0.3) is 0 Å². The van der Waals surface area contributed by atoms with Crippen LogP contribution in [0.25, 0.3) is 10.9 Å². The quantitative estimate of drug-likeness (QED) is 0.485. The summed E-state index contributed by atoms with van der Waals surface area (Å²) in [5, 5.41) is 9.12. The van der Waals surface area contributed by atoms with Crippen molar-refractivity contribution >= 4 is 28.2 Å². The van der Waals surface area contributed by atoms with E-state index in [2.05, 4.69) is 63.7 Å². The summed E-state index contributed by atoms with van der Waals surface area (Å²) < 4.78 is 0. The largest absolute Gasteiger partial charge is 0.358 e. The minimum atomic E-state index is 0.700. The molecular weight excluding hydrogens is 330 g/mol. The fraction of sp³-hybridized carbons (Fsp3) is 0.368. The van der Waals surface area contributed by atoms with E-state index in [1.807, 2.05) is 6.92 Å². The number of thiazole rings is 1. The maximum atomic E-state index is 4.55. The van der Waals surface area contributed by atoms with E-state index in [0.29, 0.717) is 6.54 Å². The van der Waals surface area contributed by atoms with Crippen molar-refractivity contribution in [3.63, 3.8) is 0 Å². The highest BCUT2D eigenvalue weighted by molar-refractivity contribution is 7.11. The maximum absolute atomic E-state index is 4.55. The summed E-state index contributed by atoms with van der Waals surface area (Å²) in [5.41, 5.74) is 4.91. The molecule has 6 heteroatoms. The number of fused-ring (bicyclic) bond motifs is 1. The topological polar surface area (TPSA) is 65.1 Å². The van der Waals surface area contributed by atoms with Crippen LogP contribution in [0.5, 0.6) is 0 Å². The number of nitrogens with zero attached hydrogens (tertiary/aromatic N) is 2. The van der Waals surface area contributed by atoms with Crippen molar-refractivity contribution in [2.75, 3.05) is 13.6 Å². The summed E-state index contributed by atoms with van der Waals surface area (Å²) in [6.45, 7) is 7.82. The molecular formula is C19H25N5S. The summed E-state index contributed by atoms with van der Waals surface area (Å²) in [6, 6.07) is 8.45. The molecule has 0 aliphatic heterocycles. The van der Waals surface area contributed by atoms with Gasteiger partial charge in [0.1, 0.15) is 5.01 Å². The Labute approximate surface area is 152 Å². The highest BCUT2D eigenvalue weighted by Crippen LogP contribution is 2.21. The van der Waals surface area contributed by atoms with E-state index in [1.54, 1.807) is 18.4 Å². The number of H-pyrrole nitrogens is 1. The van der Waals surface area contributed by atoms with Gasteiger partial charge in [-0.25, -0.2) is 4.98 Å². The fourth-order valence-corrected chi connectivity index (χ4v) is 3.83. The zero-order valence-corrected chi connectivity index (χ0v) is 16.0. The molecule has 3 rings (SSSR count). The molecule has 2 aromatic heterocycles. The number of para-hydroxylation sites is 1. The Balaban J connectivity index is 1.55. The van der Waals surface area contributed by atoms with Crippen molar-refractivity contribution < 1.29 is 0 Å². The van der Waals surface area contributed by atoms with Gasteiger partial charge >= 0.3 is 0 Å². The third kappa shape index (κ3) is 4.02. The zero-order valence-electron chi connectivity index (χ0n) is 15.2. The van der Waals surface area contributed by atoms with Crippen LogP contribution >= 0.6 is 11.3 Å².